The molecule has 0 radical (unpaired) electrons. The maximum absolute atomic E-state index is 11.5. The number of benzene rings is 2. The first-order valence-electron chi connectivity index (χ1n) is 14.7. The molecule has 2 aromatic carbocycles. The number of aromatic amines is 1. The van der Waals surface area contributed by atoms with Crippen LogP contribution in [0, 0.1) is 6.92 Å². The van der Waals surface area contributed by atoms with E-state index in [4.69, 9.17) is 0 Å². The van der Waals surface area contributed by atoms with Crippen LogP contribution in [0.4, 0.5) is 0 Å². The van der Waals surface area contributed by atoms with Gasteiger partial charge in [0.1, 0.15) is 5.65 Å². The number of nitrogens with one attached hydrogen (secondary N) is 1. The van der Waals surface area contributed by atoms with E-state index < -0.39 is 0 Å². The second-order valence-corrected chi connectivity index (χ2v) is 8.59. The Morgan fingerprint density at radius 2 is 1.24 bits per heavy atom. The summed E-state index contributed by atoms with van der Waals surface area (Å²) in [5.74, 6) is -0.181. The third-order valence-corrected chi connectivity index (χ3v) is 6.07. The minimum Gasteiger partial charge on any atom is -0.494 e. The lowest BCUT2D eigenvalue weighted by Gasteiger charge is -2.04. The van der Waals surface area contributed by atoms with Crippen molar-refractivity contribution in [3.05, 3.63) is 126 Å². The fourth-order valence-electron chi connectivity index (χ4n) is 3.76. The number of aromatic nitrogens is 5. The van der Waals surface area contributed by atoms with Crippen molar-refractivity contribution in [2.75, 3.05) is 0 Å². The number of aromatic hydroxyl groups is 2. The zero-order valence-corrected chi connectivity index (χ0v) is 27.3. The average Bonchev–Trinajstić information content (AvgIpc) is 3.08. The van der Waals surface area contributed by atoms with Crippen LogP contribution in [0.5, 0.6) is 11.8 Å². The Kier molecular flexibility index (Phi) is 17.4. The Morgan fingerprint density at radius 1 is 0.696 bits per heavy atom. The van der Waals surface area contributed by atoms with Gasteiger partial charge in [0.25, 0.3) is 16.7 Å². The fourth-order valence-corrected chi connectivity index (χ4v) is 3.76. The van der Waals surface area contributed by atoms with Gasteiger partial charge >= 0.3 is 5.69 Å². The van der Waals surface area contributed by atoms with Crippen LogP contribution < -0.4 is 22.4 Å². The second kappa shape index (κ2) is 19.8. The van der Waals surface area contributed by atoms with Gasteiger partial charge < -0.3 is 15.2 Å². The predicted molar refractivity (Wildman–Crippen MR) is 189 cm³/mol. The van der Waals surface area contributed by atoms with Crippen LogP contribution in [0.15, 0.2) is 98.2 Å². The Labute approximate surface area is 268 Å². The van der Waals surface area contributed by atoms with Gasteiger partial charge in [-0.1, -0.05) is 85.4 Å². The van der Waals surface area contributed by atoms with Gasteiger partial charge in [-0.25, -0.2) is 4.79 Å². The molecule has 46 heavy (non-hydrogen) atoms. The molecule has 3 N–H and O–H groups in total. The standard InChI is InChI=1S/C10H9NO2.2C9H8N2O2.3C2H6.CH4/c1-11-9(12)6-7-4-2-3-5-8(7)10(11)13;1-11-8(12)6-4-2-3-5-7(6)10-9(11)13;1-6-8(12)10-7-4-2-3-5-11(7)9(6)13;3*1-2;/h2-6,13H,1H3;2-5H,1H3,(H,10,13);2-5,12H,1H3;3*1-2H3;1H4. The largest absolute Gasteiger partial charge is 0.494 e. The van der Waals surface area contributed by atoms with Crippen LogP contribution in [0.2, 0.25) is 0 Å². The number of hydrogen-bond donors (Lipinski definition) is 3. The van der Waals surface area contributed by atoms with E-state index in [2.05, 4.69) is 9.97 Å². The van der Waals surface area contributed by atoms with Crippen molar-refractivity contribution in [3.8, 4) is 11.8 Å². The summed E-state index contributed by atoms with van der Waals surface area (Å²) >= 11 is 0. The number of fused-ring (bicyclic) bond motifs is 3. The first-order chi connectivity index (χ1) is 21.6. The summed E-state index contributed by atoms with van der Waals surface area (Å²) in [6.07, 6.45) is 1.62. The van der Waals surface area contributed by atoms with Crippen LogP contribution in [0.3, 0.4) is 0 Å². The molecule has 0 unspecified atom stereocenters. The van der Waals surface area contributed by atoms with Crippen LogP contribution in [-0.4, -0.2) is 33.7 Å². The molecule has 11 heteroatoms. The van der Waals surface area contributed by atoms with Crippen molar-refractivity contribution in [1.29, 1.82) is 0 Å². The molecule has 0 atom stereocenters. The molecule has 4 heterocycles. The van der Waals surface area contributed by atoms with Crippen LogP contribution in [0.1, 0.15) is 54.5 Å². The fraction of sp³-hybridized carbons (Fsp3) is 0.286. The van der Waals surface area contributed by atoms with Gasteiger partial charge in [0, 0.05) is 31.7 Å². The van der Waals surface area contributed by atoms with Crippen molar-refractivity contribution >= 4 is 27.3 Å². The quantitative estimate of drug-likeness (QED) is 0.189. The van der Waals surface area contributed by atoms with Crippen LogP contribution in [-0.2, 0) is 14.1 Å². The first kappa shape index (κ1) is 40.5. The molecule has 0 aliphatic heterocycles. The number of rotatable bonds is 0. The molecule has 0 aliphatic carbocycles. The summed E-state index contributed by atoms with van der Waals surface area (Å²) in [5.41, 5.74) is 0.220. The Bertz CT molecular complexity index is 2070. The highest BCUT2D eigenvalue weighted by Gasteiger charge is 2.06. The van der Waals surface area contributed by atoms with Gasteiger partial charge in [0.05, 0.1) is 16.5 Å². The first-order valence-corrected chi connectivity index (χ1v) is 14.7. The lowest BCUT2D eigenvalue weighted by atomic mass is 10.2. The number of hydrogen-bond acceptors (Lipinski definition) is 7. The van der Waals surface area contributed by atoms with E-state index in [1.165, 1.54) is 22.1 Å². The van der Waals surface area contributed by atoms with Gasteiger partial charge in [0.2, 0.25) is 11.8 Å². The Hall–Kier alpha value is -5.45. The molecular formula is C35H47N5O6. The molecule has 6 rings (SSSR count). The Balaban J connectivity index is 0.000000603. The number of pyridine rings is 2. The monoisotopic (exact) mass is 633 g/mol. The highest BCUT2D eigenvalue weighted by molar-refractivity contribution is 5.86. The molecule has 4 aromatic heterocycles. The topological polar surface area (TPSA) is 152 Å². The summed E-state index contributed by atoms with van der Waals surface area (Å²) in [7, 11) is 3.00. The maximum atomic E-state index is 11.5. The summed E-state index contributed by atoms with van der Waals surface area (Å²) in [6, 6.07) is 20.9. The molecule has 0 saturated carbocycles. The molecule has 0 bridgehead atoms. The van der Waals surface area contributed by atoms with Gasteiger partial charge in [-0.3, -0.25) is 27.9 Å². The van der Waals surface area contributed by atoms with Gasteiger partial charge in [-0.2, -0.15) is 4.98 Å². The smallest absolute Gasteiger partial charge is 0.328 e. The van der Waals surface area contributed by atoms with Crippen molar-refractivity contribution in [2.24, 2.45) is 14.1 Å². The third-order valence-electron chi connectivity index (χ3n) is 6.07. The minimum atomic E-state index is -0.385. The van der Waals surface area contributed by atoms with Crippen molar-refractivity contribution < 1.29 is 10.2 Å². The normalized spacial score (nSPS) is 9.33. The van der Waals surface area contributed by atoms with E-state index in [1.807, 2.05) is 53.7 Å². The molecule has 0 amide bonds. The third kappa shape index (κ3) is 9.52. The zero-order chi connectivity index (χ0) is 34.3. The predicted octanol–water partition coefficient (Wildman–Crippen LogP) is 5.89. The molecule has 248 valence electrons. The second-order valence-electron chi connectivity index (χ2n) is 8.59. The zero-order valence-electron chi connectivity index (χ0n) is 27.3. The van der Waals surface area contributed by atoms with E-state index in [0.29, 0.717) is 21.9 Å². The highest BCUT2D eigenvalue weighted by Crippen LogP contribution is 2.20. The van der Waals surface area contributed by atoms with Gasteiger partial charge in [-0.05, 0) is 42.6 Å². The summed E-state index contributed by atoms with van der Waals surface area (Å²) < 4.78 is 3.68. The summed E-state index contributed by atoms with van der Waals surface area (Å²) in [5, 5.41) is 20.9. The minimum absolute atomic E-state index is 0. The van der Waals surface area contributed by atoms with E-state index >= 15 is 0 Å². The van der Waals surface area contributed by atoms with E-state index in [0.717, 1.165) is 9.95 Å². The van der Waals surface area contributed by atoms with Gasteiger partial charge in [0.15, 0.2) is 0 Å². The van der Waals surface area contributed by atoms with Crippen LogP contribution in [0.25, 0.3) is 27.3 Å². The SMILES string of the molecule is C.CC.CC.CC.Cc1c(O)nc2ccccn2c1=O.Cn1c(=O)[nH]c2ccccc2c1=O.Cn1c(O)c2ccccc2cc1=O. The summed E-state index contributed by atoms with van der Waals surface area (Å²) in [6.45, 7) is 13.5. The molecule has 0 aliphatic rings. The summed E-state index contributed by atoms with van der Waals surface area (Å²) in [4.78, 5) is 51.9. The van der Waals surface area contributed by atoms with Crippen molar-refractivity contribution in [1.82, 2.24) is 23.5 Å². The van der Waals surface area contributed by atoms with E-state index in [-0.39, 0.29) is 47.1 Å². The lowest BCUT2D eigenvalue weighted by Crippen LogP contribution is -2.32. The molecule has 0 spiro atoms. The molecule has 11 nitrogen and oxygen atoms in total. The molecule has 6 aromatic rings. The molecule has 0 saturated heterocycles. The molecular weight excluding hydrogens is 586 g/mol. The highest BCUT2D eigenvalue weighted by atomic mass is 16.3. The number of para-hydroxylation sites is 1. The van der Waals surface area contributed by atoms with Gasteiger partial charge in [-0.15, -0.1) is 0 Å². The average molecular weight is 634 g/mol. The number of H-pyrrole nitrogens is 1. The number of nitrogens with zero attached hydrogens (tertiary/aromatic N) is 4. The van der Waals surface area contributed by atoms with Crippen molar-refractivity contribution in [2.45, 2.75) is 55.9 Å². The molecule has 0 fully saturated rings. The lowest BCUT2D eigenvalue weighted by molar-refractivity contribution is 0.430. The van der Waals surface area contributed by atoms with E-state index in [1.54, 1.807) is 74.8 Å². The van der Waals surface area contributed by atoms with E-state index in [9.17, 15) is 29.4 Å². The maximum Gasteiger partial charge on any atom is 0.328 e. The van der Waals surface area contributed by atoms with Crippen LogP contribution >= 0.6 is 0 Å². The van der Waals surface area contributed by atoms with Crippen molar-refractivity contribution in [3.63, 3.8) is 0 Å². The Morgan fingerprint density at radius 3 is 1.87 bits per heavy atom.